The Labute approximate surface area is 109 Å². The first-order valence-electron chi connectivity index (χ1n) is 6.82. The maximum Gasteiger partial charge on any atom is 0.310 e. The molecule has 4 heteroatoms. The van der Waals surface area contributed by atoms with Crippen LogP contribution in [0.4, 0.5) is 0 Å². The molecule has 1 rings (SSSR count). The first-order chi connectivity index (χ1) is 8.67. The molecule has 0 saturated heterocycles. The molecule has 0 unspecified atom stereocenters. The van der Waals surface area contributed by atoms with E-state index in [1.165, 1.54) is 12.8 Å². The van der Waals surface area contributed by atoms with Gasteiger partial charge in [0.05, 0.1) is 19.2 Å². The number of carbonyl (C=O) groups is 1. The maximum absolute atomic E-state index is 11.5. The molecule has 0 spiro atoms. The third-order valence-electron chi connectivity index (χ3n) is 3.19. The molecule has 0 N–H and O–H groups in total. The molecule has 0 bridgehead atoms. The molecule has 1 aromatic rings. The minimum absolute atomic E-state index is 0.186. The van der Waals surface area contributed by atoms with Crippen LogP contribution in [0.2, 0.25) is 0 Å². The van der Waals surface area contributed by atoms with E-state index in [9.17, 15) is 4.79 Å². The number of aryl methyl sites for hydroxylation is 2. The summed E-state index contributed by atoms with van der Waals surface area (Å²) in [6.45, 7) is 7.30. The highest BCUT2D eigenvalue weighted by Gasteiger charge is 2.18. The van der Waals surface area contributed by atoms with Crippen LogP contribution in [0.15, 0.2) is 0 Å². The van der Waals surface area contributed by atoms with Crippen molar-refractivity contribution in [1.29, 1.82) is 0 Å². The summed E-state index contributed by atoms with van der Waals surface area (Å²) in [4.78, 5) is 11.5. The molecule has 0 atom stereocenters. The van der Waals surface area contributed by atoms with Gasteiger partial charge in [-0.2, -0.15) is 5.10 Å². The largest absolute Gasteiger partial charge is 0.469 e. The van der Waals surface area contributed by atoms with E-state index in [1.54, 1.807) is 0 Å². The van der Waals surface area contributed by atoms with Crippen molar-refractivity contribution >= 4 is 5.97 Å². The van der Waals surface area contributed by atoms with Gasteiger partial charge in [-0.05, 0) is 19.3 Å². The minimum atomic E-state index is -0.186. The number of hydrogen-bond donors (Lipinski definition) is 0. The number of methoxy groups -OCH3 is 1. The molecule has 0 aliphatic heterocycles. The lowest BCUT2D eigenvalue weighted by Gasteiger charge is -2.06. The second-order valence-electron chi connectivity index (χ2n) is 4.41. The van der Waals surface area contributed by atoms with Crippen molar-refractivity contribution in [2.24, 2.45) is 0 Å². The molecule has 4 nitrogen and oxygen atoms in total. The molecule has 0 aliphatic carbocycles. The number of aromatic nitrogens is 2. The number of nitrogens with zero attached hydrogens (tertiary/aromatic N) is 2. The van der Waals surface area contributed by atoms with Crippen LogP contribution in [0.3, 0.4) is 0 Å². The Balaban J connectivity index is 3.04. The van der Waals surface area contributed by atoms with E-state index in [0.717, 1.165) is 43.5 Å². The zero-order chi connectivity index (χ0) is 13.5. The summed E-state index contributed by atoms with van der Waals surface area (Å²) < 4.78 is 6.84. The van der Waals surface area contributed by atoms with Crippen molar-refractivity contribution in [3.8, 4) is 0 Å². The van der Waals surface area contributed by atoms with Crippen LogP contribution < -0.4 is 0 Å². The molecule has 1 aromatic heterocycles. The number of rotatable bonds is 7. The highest BCUT2D eigenvalue weighted by Crippen LogP contribution is 2.18. The van der Waals surface area contributed by atoms with Crippen LogP contribution in [0, 0.1) is 0 Å². The van der Waals surface area contributed by atoms with E-state index >= 15 is 0 Å². The minimum Gasteiger partial charge on any atom is -0.469 e. The zero-order valence-corrected chi connectivity index (χ0v) is 12.0. The fraction of sp³-hybridized carbons (Fsp3) is 0.714. The van der Waals surface area contributed by atoms with Crippen molar-refractivity contribution in [2.45, 2.75) is 59.4 Å². The van der Waals surface area contributed by atoms with E-state index in [1.807, 2.05) is 0 Å². The fourth-order valence-corrected chi connectivity index (χ4v) is 2.18. The van der Waals surface area contributed by atoms with Gasteiger partial charge in [-0.25, -0.2) is 0 Å². The van der Waals surface area contributed by atoms with Crippen LogP contribution in [-0.4, -0.2) is 22.9 Å². The number of ether oxygens (including phenoxy) is 1. The number of hydrogen-bond acceptors (Lipinski definition) is 3. The van der Waals surface area contributed by atoms with Gasteiger partial charge in [-0.1, -0.05) is 27.2 Å². The molecular formula is C14H24N2O2. The summed E-state index contributed by atoms with van der Waals surface area (Å²) in [6.07, 6.45) is 4.38. The maximum atomic E-state index is 11.5. The predicted molar refractivity (Wildman–Crippen MR) is 71.6 cm³/mol. The molecular weight excluding hydrogens is 228 g/mol. The highest BCUT2D eigenvalue weighted by molar-refractivity contribution is 5.73. The van der Waals surface area contributed by atoms with E-state index in [-0.39, 0.29) is 5.97 Å². The molecule has 0 amide bonds. The topological polar surface area (TPSA) is 44.1 Å². The fourth-order valence-electron chi connectivity index (χ4n) is 2.18. The normalized spacial score (nSPS) is 10.7. The molecule has 0 fully saturated rings. The van der Waals surface area contributed by atoms with Gasteiger partial charge in [0.25, 0.3) is 0 Å². The van der Waals surface area contributed by atoms with Crippen molar-refractivity contribution < 1.29 is 9.53 Å². The van der Waals surface area contributed by atoms with Crippen LogP contribution in [0.1, 0.15) is 50.6 Å². The number of carbonyl (C=O) groups excluding carboxylic acids is 1. The third-order valence-corrected chi connectivity index (χ3v) is 3.19. The van der Waals surface area contributed by atoms with E-state index in [2.05, 4.69) is 30.6 Å². The summed E-state index contributed by atoms with van der Waals surface area (Å²) in [5.74, 6) is -0.186. The number of esters is 1. The molecule has 0 radical (unpaired) electrons. The molecule has 0 aliphatic rings. The summed E-state index contributed by atoms with van der Waals surface area (Å²) >= 11 is 0. The quantitative estimate of drug-likeness (QED) is 0.700. The number of unbranched alkanes of at least 4 members (excludes halogenated alkanes) is 1. The average Bonchev–Trinajstić information content (AvgIpc) is 2.73. The lowest BCUT2D eigenvalue weighted by atomic mass is 10.1. The molecule has 18 heavy (non-hydrogen) atoms. The molecule has 0 saturated carbocycles. The molecule has 1 heterocycles. The summed E-state index contributed by atoms with van der Waals surface area (Å²) in [5.41, 5.74) is 3.29. The van der Waals surface area contributed by atoms with Gasteiger partial charge in [0.1, 0.15) is 0 Å². The van der Waals surface area contributed by atoms with Gasteiger partial charge in [0.2, 0.25) is 0 Å². The van der Waals surface area contributed by atoms with E-state index in [0.29, 0.717) is 6.42 Å². The first kappa shape index (κ1) is 14.7. The molecule has 102 valence electrons. The predicted octanol–water partition coefficient (Wildman–Crippen LogP) is 2.52. The smallest absolute Gasteiger partial charge is 0.310 e. The molecule has 0 aromatic carbocycles. The lowest BCUT2D eigenvalue weighted by molar-refractivity contribution is -0.139. The third kappa shape index (κ3) is 3.34. The zero-order valence-electron chi connectivity index (χ0n) is 12.0. The Kier molecular flexibility index (Phi) is 5.89. The van der Waals surface area contributed by atoms with Gasteiger partial charge in [0.15, 0.2) is 0 Å². The van der Waals surface area contributed by atoms with Gasteiger partial charge in [-0.3, -0.25) is 9.48 Å². The standard InChI is InChI=1S/C14H24N2O2/c1-5-8-9-16-13(7-3)11(10-14(17)18-4)12(6-2)15-16/h5-10H2,1-4H3. The lowest BCUT2D eigenvalue weighted by Crippen LogP contribution is -2.09. The Morgan fingerprint density at radius 2 is 2.00 bits per heavy atom. The van der Waals surface area contributed by atoms with Crippen LogP contribution in [-0.2, 0) is 35.3 Å². The van der Waals surface area contributed by atoms with Crippen LogP contribution in [0.5, 0.6) is 0 Å². The van der Waals surface area contributed by atoms with Gasteiger partial charge in [0, 0.05) is 17.8 Å². The van der Waals surface area contributed by atoms with Crippen molar-refractivity contribution in [1.82, 2.24) is 9.78 Å². The second kappa shape index (κ2) is 7.19. The van der Waals surface area contributed by atoms with Crippen LogP contribution in [0.25, 0.3) is 0 Å². The van der Waals surface area contributed by atoms with Crippen molar-refractivity contribution in [3.63, 3.8) is 0 Å². The Morgan fingerprint density at radius 3 is 2.50 bits per heavy atom. The average molecular weight is 252 g/mol. The summed E-state index contributed by atoms with van der Waals surface area (Å²) in [7, 11) is 1.43. The highest BCUT2D eigenvalue weighted by atomic mass is 16.5. The van der Waals surface area contributed by atoms with E-state index in [4.69, 9.17) is 4.74 Å². The van der Waals surface area contributed by atoms with Gasteiger partial charge < -0.3 is 4.74 Å². The monoisotopic (exact) mass is 252 g/mol. The summed E-state index contributed by atoms with van der Waals surface area (Å²) in [6, 6.07) is 0. The van der Waals surface area contributed by atoms with Crippen molar-refractivity contribution in [2.75, 3.05) is 7.11 Å². The Bertz CT molecular complexity index is 397. The van der Waals surface area contributed by atoms with Crippen LogP contribution >= 0.6 is 0 Å². The Hall–Kier alpha value is -1.32. The van der Waals surface area contributed by atoms with Crippen molar-refractivity contribution in [3.05, 3.63) is 17.0 Å². The first-order valence-corrected chi connectivity index (χ1v) is 6.82. The second-order valence-corrected chi connectivity index (χ2v) is 4.41. The summed E-state index contributed by atoms with van der Waals surface area (Å²) in [5, 5.41) is 4.63. The van der Waals surface area contributed by atoms with Gasteiger partial charge >= 0.3 is 5.97 Å². The van der Waals surface area contributed by atoms with E-state index < -0.39 is 0 Å². The van der Waals surface area contributed by atoms with Gasteiger partial charge in [-0.15, -0.1) is 0 Å². The SMILES string of the molecule is CCCCn1nc(CC)c(CC(=O)OC)c1CC. The Morgan fingerprint density at radius 1 is 1.28 bits per heavy atom.